The van der Waals surface area contributed by atoms with Crippen molar-refractivity contribution in [3.63, 3.8) is 0 Å². The van der Waals surface area contributed by atoms with Crippen LogP contribution in [0.25, 0.3) is 0 Å². The number of Topliss-reactive ketones (excluding diaryl/α,β-unsaturated/α-hetero) is 1. The van der Waals surface area contributed by atoms with Crippen LogP contribution >= 0.6 is 0 Å². The highest BCUT2D eigenvalue weighted by atomic mass is 16.4. The van der Waals surface area contributed by atoms with Crippen molar-refractivity contribution in [3.8, 4) is 0 Å². The Morgan fingerprint density at radius 1 is 1.20 bits per heavy atom. The highest BCUT2D eigenvalue weighted by Gasteiger charge is 2.70. The topological polar surface area (TPSA) is 112 Å². The van der Waals surface area contributed by atoms with Gasteiger partial charge in [-0.1, -0.05) is 26.3 Å². The van der Waals surface area contributed by atoms with Crippen LogP contribution in [-0.4, -0.2) is 45.6 Å². The molecule has 30 heavy (non-hydrogen) atoms. The van der Waals surface area contributed by atoms with Crippen LogP contribution < -0.4 is 0 Å². The first kappa shape index (κ1) is 21.7. The predicted molar refractivity (Wildman–Crippen MR) is 109 cm³/mol. The Morgan fingerprint density at radius 2 is 1.90 bits per heavy atom. The molecule has 8 unspecified atom stereocenters. The molecule has 0 spiro atoms. The molecule has 166 valence electrons. The number of hydrogen-bond donors (Lipinski definition) is 3. The standard InChI is InChI=1S/C24H34O6/c1-13(21(29)30)24(19(28)12-25)9-7-17-16-5-4-14-10-15(26)6-8-22(14,2)20(16)18(27)11-23(17,24)3/h10,13,16-18,20,25,27H,4-9,11-12H2,1-3H3,(H,29,30). The molecule has 0 heterocycles. The molecule has 0 aromatic heterocycles. The molecule has 3 saturated carbocycles. The van der Waals surface area contributed by atoms with Gasteiger partial charge in [-0.2, -0.15) is 0 Å². The number of aliphatic hydroxyl groups is 2. The Balaban J connectivity index is 1.79. The van der Waals surface area contributed by atoms with Crippen molar-refractivity contribution in [1.29, 1.82) is 0 Å². The van der Waals surface area contributed by atoms with E-state index in [2.05, 4.69) is 6.92 Å². The molecule has 0 radical (unpaired) electrons. The van der Waals surface area contributed by atoms with Crippen molar-refractivity contribution in [3.05, 3.63) is 11.6 Å². The van der Waals surface area contributed by atoms with Gasteiger partial charge in [-0.05, 0) is 73.2 Å². The Labute approximate surface area is 177 Å². The van der Waals surface area contributed by atoms with Crippen LogP contribution in [0.4, 0.5) is 0 Å². The van der Waals surface area contributed by atoms with E-state index < -0.39 is 41.2 Å². The van der Waals surface area contributed by atoms with Gasteiger partial charge in [0.25, 0.3) is 0 Å². The van der Waals surface area contributed by atoms with Crippen molar-refractivity contribution in [2.24, 2.45) is 39.9 Å². The number of carbonyl (C=O) groups is 3. The largest absolute Gasteiger partial charge is 0.481 e. The Hall–Kier alpha value is -1.53. The third-order valence-electron chi connectivity index (χ3n) is 9.91. The van der Waals surface area contributed by atoms with Gasteiger partial charge in [-0.15, -0.1) is 0 Å². The van der Waals surface area contributed by atoms with Crippen LogP contribution in [0.1, 0.15) is 65.7 Å². The summed E-state index contributed by atoms with van der Waals surface area (Å²) in [6.45, 7) is 5.07. The zero-order valence-electron chi connectivity index (χ0n) is 18.2. The normalized spacial score (nSPS) is 46.3. The number of allylic oxidation sites excluding steroid dienone is 1. The summed E-state index contributed by atoms with van der Waals surface area (Å²) in [5, 5.41) is 31.1. The molecule has 0 aliphatic heterocycles. The lowest BCUT2D eigenvalue weighted by Crippen LogP contribution is -2.61. The van der Waals surface area contributed by atoms with Gasteiger partial charge < -0.3 is 15.3 Å². The summed E-state index contributed by atoms with van der Waals surface area (Å²) in [4.78, 5) is 37.1. The zero-order valence-corrected chi connectivity index (χ0v) is 18.2. The van der Waals surface area contributed by atoms with Crippen molar-refractivity contribution in [1.82, 2.24) is 0 Å². The van der Waals surface area contributed by atoms with E-state index in [1.54, 1.807) is 13.0 Å². The molecule has 6 nitrogen and oxygen atoms in total. The lowest BCUT2D eigenvalue weighted by molar-refractivity contribution is -0.179. The van der Waals surface area contributed by atoms with Gasteiger partial charge in [0.15, 0.2) is 11.6 Å². The Bertz CT molecular complexity index is 817. The first-order chi connectivity index (χ1) is 14.0. The van der Waals surface area contributed by atoms with Gasteiger partial charge in [0.2, 0.25) is 0 Å². The number of ketones is 2. The molecule has 4 aliphatic rings. The molecule has 0 saturated heterocycles. The van der Waals surface area contributed by atoms with E-state index in [4.69, 9.17) is 0 Å². The number of carbonyl (C=O) groups excluding carboxylic acids is 2. The van der Waals surface area contributed by atoms with Crippen LogP contribution in [0.5, 0.6) is 0 Å². The minimum atomic E-state index is -1.16. The third-order valence-corrected chi connectivity index (χ3v) is 9.91. The maximum Gasteiger partial charge on any atom is 0.307 e. The average Bonchev–Trinajstić information content (AvgIpc) is 3.00. The monoisotopic (exact) mass is 418 g/mol. The van der Waals surface area contributed by atoms with Crippen LogP contribution in [0.3, 0.4) is 0 Å². The fourth-order valence-corrected chi connectivity index (χ4v) is 8.51. The molecule has 0 aromatic rings. The van der Waals surface area contributed by atoms with Crippen LogP contribution in [-0.2, 0) is 14.4 Å². The van der Waals surface area contributed by atoms with Crippen molar-refractivity contribution >= 4 is 17.5 Å². The van der Waals surface area contributed by atoms with E-state index in [1.807, 2.05) is 6.92 Å². The molecular formula is C24H34O6. The zero-order chi connectivity index (χ0) is 22.1. The summed E-state index contributed by atoms with van der Waals surface area (Å²) in [6.07, 6.45) is 5.58. The molecule has 0 bridgehead atoms. The van der Waals surface area contributed by atoms with Gasteiger partial charge in [-0.25, -0.2) is 0 Å². The van der Waals surface area contributed by atoms with Gasteiger partial charge in [-0.3, -0.25) is 14.4 Å². The fraction of sp³-hybridized carbons (Fsp3) is 0.792. The number of rotatable bonds is 4. The van der Waals surface area contributed by atoms with Crippen LogP contribution in [0, 0.1) is 39.9 Å². The first-order valence-corrected chi connectivity index (χ1v) is 11.3. The minimum Gasteiger partial charge on any atom is -0.481 e. The molecule has 4 aliphatic carbocycles. The van der Waals surface area contributed by atoms with E-state index in [1.165, 1.54) is 0 Å². The molecule has 6 heteroatoms. The average molecular weight is 419 g/mol. The highest BCUT2D eigenvalue weighted by Crippen LogP contribution is 2.71. The first-order valence-electron chi connectivity index (χ1n) is 11.3. The Morgan fingerprint density at radius 3 is 2.53 bits per heavy atom. The van der Waals surface area contributed by atoms with Crippen molar-refractivity contribution < 1.29 is 29.7 Å². The molecule has 4 rings (SSSR count). The third kappa shape index (κ3) is 2.59. The second kappa shape index (κ2) is 6.99. The second-order valence-electron chi connectivity index (χ2n) is 10.7. The molecule has 8 atom stereocenters. The van der Waals surface area contributed by atoms with E-state index in [0.29, 0.717) is 19.3 Å². The smallest absolute Gasteiger partial charge is 0.307 e. The number of fused-ring (bicyclic) bond motifs is 5. The lowest BCUT2D eigenvalue weighted by Gasteiger charge is -2.61. The van der Waals surface area contributed by atoms with Crippen LogP contribution in [0.2, 0.25) is 0 Å². The molecule has 3 fully saturated rings. The molecule has 0 amide bonds. The van der Waals surface area contributed by atoms with E-state index >= 15 is 0 Å². The predicted octanol–water partition coefficient (Wildman–Crippen LogP) is 2.76. The van der Waals surface area contributed by atoms with E-state index in [9.17, 15) is 29.7 Å². The quantitative estimate of drug-likeness (QED) is 0.647. The number of hydrogen-bond acceptors (Lipinski definition) is 5. The SMILES string of the molecule is CC(C(=O)O)C1(C(=O)CO)CCC2C3CCC4=CC(=O)CCC4(C)C3C(O)CC21C. The van der Waals surface area contributed by atoms with E-state index in [-0.39, 0.29) is 29.0 Å². The van der Waals surface area contributed by atoms with Crippen molar-refractivity contribution in [2.45, 2.75) is 71.8 Å². The molecular weight excluding hydrogens is 384 g/mol. The maximum absolute atomic E-state index is 13.1. The lowest BCUT2D eigenvalue weighted by atomic mass is 9.43. The van der Waals surface area contributed by atoms with Crippen LogP contribution in [0.15, 0.2) is 11.6 Å². The highest BCUT2D eigenvalue weighted by molar-refractivity contribution is 5.92. The summed E-state index contributed by atoms with van der Waals surface area (Å²) in [5.41, 5.74) is -0.906. The number of aliphatic hydroxyl groups excluding tert-OH is 2. The van der Waals surface area contributed by atoms with Gasteiger partial charge in [0, 0.05) is 6.42 Å². The minimum absolute atomic E-state index is 0.0174. The summed E-state index contributed by atoms with van der Waals surface area (Å²) in [7, 11) is 0. The summed E-state index contributed by atoms with van der Waals surface area (Å²) in [6, 6.07) is 0. The molecule has 3 N–H and O–H groups in total. The second-order valence-corrected chi connectivity index (χ2v) is 10.7. The van der Waals surface area contributed by atoms with Gasteiger partial charge in [0.05, 0.1) is 17.4 Å². The number of aliphatic carboxylic acids is 1. The van der Waals surface area contributed by atoms with Gasteiger partial charge in [0.1, 0.15) is 6.61 Å². The maximum atomic E-state index is 13.1. The number of carboxylic acid groups (broad SMARTS) is 1. The summed E-state index contributed by atoms with van der Waals surface area (Å²) < 4.78 is 0. The van der Waals surface area contributed by atoms with E-state index in [0.717, 1.165) is 31.3 Å². The molecule has 0 aromatic carbocycles. The fourth-order valence-electron chi connectivity index (χ4n) is 8.51. The number of carboxylic acids is 1. The van der Waals surface area contributed by atoms with Crippen molar-refractivity contribution in [2.75, 3.05) is 6.61 Å². The Kier molecular flexibility index (Phi) is 5.06. The summed E-state index contributed by atoms with van der Waals surface area (Å²) >= 11 is 0. The summed E-state index contributed by atoms with van der Waals surface area (Å²) in [5.74, 6) is -1.86. The van der Waals surface area contributed by atoms with Gasteiger partial charge >= 0.3 is 5.97 Å².